The van der Waals surface area contributed by atoms with E-state index in [1.54, 1.807) is 11.3 Å². The molecule has 1 aliphatic heterocycles. The second-order valence-corrected chi connectivity index (χ2v) is 8.49. The maximum atomic E-state index is 4.49. The number of aryl methyl sites for hydroxylation is 2. The van der Waals surface area contributed by atoms with Crippen molar-refractivity contribution in [1.29, 1.82) is 0 Å². The fraction of sp³-hybridized carbons (Fsp3) is 0.778. The topological polar surface area (TPSA) is 55.8 Å². The molecule has 1 unspecified atom stereocenters. The van der Waals surface area contributed by atoms with Gasteiger partial charge in [0.2, 0.25) is 0 Å². The van der Waals surface area contributed by atoms with Gasteiger partial charge in [0.25, 0.3) is 0 Å². The number of halogens is 1. The molecule has 1 aromatic heterocycles. The van der Waals surface area contributed by atoms with Gasteiger partial charge in [0.05, 0.1) is 17.2 Å². The van der Waals surface area contributed by atoms with E-state index in [0.717, 1.165) is 55.9 Å². The van der Waals surface area contributed by atoms with E-state index in [-0.39, 0.29) is 24.0 Å². The highest BCUT2D eigenvalue weighted by Gasteiger charge is 2.25. The predicted octanol–water partition coefficient (Wildman–Crippen LogP) is 2.31. The molecule has 0 aromatic carbocycles. The molecular formula is C18H35IN6S. The molecule has 2 rings (SSSR count). The normalized spacial score (nSPS) is 17.9. The van der Waals surface area contributed by atoms with Crippen molar-refractivity contribution in [2.75, 3.05) is 46.8 Å². The number of piperazine rings is 1. The molecular weight excluding hydrogens is 459 g/mol. The Balaban J connectivity index is 0.00000338. The molecule has 0 bridgehead atoms. The summed E-state index contributed by atoms with van der Waals surface area (Å²) in [6.07, 6.45) is 0. The van der Waals surface area contributed by atoms with Crippen LogP contribution >= 0.6 is 35.3 Å². The van der Waals surface area contributed by atoms with Gasteiger partial charge in [-0.25, -0.2) is 4.98 Å². The van der Waals surface area contributed by atoms with Crippen molar-refractivity contribution in [3.63, 3.8) is 0 Å². The SMILES string of the molecule is CN=C(NCc1sc(C)nc1C)NCC(C(C)C)N1CCN(C)CC1.I. The molecule has 0 spiro atoms. The van der Waals surface area contributed by atoms with Crippen LogP contribution in [0.3, 0.4) is 0 Å². The van der Waals surface area contributed by atoms with E-state index in [4.69, 9.17) is 0 Å². The van der Waals surface area contributed by atoms with Gasteiger partial charge in [-0.05, 0) is 26.8 Å². The van der Waals surface area contributed by atoms with Gasteiger partial charge in [0.15, 0.2) is 5.96 Å². The summed E-state index contributed by atoms with van der Waals surface area (Å²) in [6.45, 7) is 15.0. The Kier molecular flexibility index (Phi) is 10.3. The quantitative estimate of drug-likeness (QED) is 0.361. The number of hydrogen-bond acceptors (Lipinski definition) is 5. The van der Waals surface area contributed by atoms with E-state index in [2.05, 4.69) is 65.2 Å². The molecule has 0 aliphatic carbocycles. The molecule has 1 aromatic rings. The number of rotatable bonds is 6. The minimum absolute atomic E-state index is 0. The summed E-state index contributed by atoms with van der Waals surface area (Å²) < 4.78 is 0. The second kappa shape index (κ2) is 11.4. The summed E-state index contributed by atoms with van der Waals surface area (Å²) >= 11 is 1.75. The zero-order valence-electron chi connectivity index (χ0n) is 17.0. The smallest absolute Gasteiger partial charge is 0.191 e. The van der Waals surface area contributed by atoms with Gasteiger partial charge in [0, 0.05) is 50.7 Å². The van der Waals surface area contributed by atoms with Crippen LogP contribution in [0.2, 0.25) is 0 Å². The molecule has 1 aliphatic rings. The van der Waals surface area contributed by atoms with Crippen molar-refractivity contribution in [1.82, 2.24) is 25.4 Å². The van der Waals surface area contributed by atoms with Gasteiger partial charge in [-0.3, -0.25) is 9.89 Å². The molecule has 26 heavy (non-hydrogen) atoms. The highest BCUT2D eigenvalue weighted by atomic mass is 127. The fourth-order valence-electron chi connectivity index (χ4n) is 3.26. The lowest BCUT2D eigenvalue weighted by molar-refractivity contribution is 0.0900. The number of aromatic nitrogens is 1. The molecule has 0 saturated carbocycles. The average molecular weight is 494 g/mol. The summed E-state index contributed by atoms with van der Waals surface area (Å²) in [5.41, 5.74) is 1.11. The number of hydrogen-bond donors (Lipinski definition) is 2. The molecule has 0 amide bonds. The Bertz CT molecular complexity index is 566. The van der Waals surface area contributed by atoms with Gasteiger partial charge >= 0.3 is 0 Å². The lowest BCUT2D eigenvalue weighted by Gasteiger charge is -2.40. The number of aliphatic imine (C=N–C) groups is 1. The monoisotopic (exact) mass is 494 g/mol. The second-order valence-electron chi connectivity index (χ2n) is 7.20. The number of guanidine groups is 1. The van der Waals surface area contributed by atoms with Crippen LogP contribution in [0.15, 0.2) is 4.99 Å². The van der Waals surface area contributed by atoms with Crippen molar-refractivity contribution >= 4 is 41.3 Å². The van der Waals surface area contributed by atoms with E-state index >= 15 is 0 Å². The number of nitrogens with one attached hydrogen (secondary N) is 2. The Morgan fingerprint density at radius 3 is 2.35 bits per heavy atom. The first kappa shape index (κ1) is 23.6. The summed E-state index contributed by atoms with van der Waals surface area (Å²) in [6, 6.07) is 0.527. The van der Waals surface area contributed by atoms with Crippen LogP contribution in [0.4, 0.5) is 0 Å². The zero-order chi connectivity index (χ0) is 18.4. The van der Waals surface area contributed by atoms with E-state index < -0.39 is 0 Å². The third-order valence-electron chi connectivity index (χ3n) is 4.89. The first-order valence-corrected chi connectivity index (χ1v) is 10.0. The van der Waals surface area contributed by atoms with Gasteiger partial charge in [0.1, 0.15) is 0 Å². The number of thiazole rings is 1. The largest absolute Gasteiger partial charge is 0.355 e. The van der Waals surface area contributed by atoms with Crippen LogP contribution in [0.1, 0.15) is 29.4 Å². The third kappa shape index (κ3) is 6.94. The van der Waals surface area contributed by atoms with E-state index in [1.165, 1.54) is 4.88 Å². The summed E-state index contributed by atoms with van der Waals surface area (Å²) in [7, 11) is 4.04. The van der Waals surface area contributed by atoms with Gasteiger partial charge in [-0.2, -0.15) is 0 Å². The molecule has 1 fully saturated rings. The number of nitrogens with zero attached hydrogens (tertiary/aromatic N) is 4. The van der Waals surface area contributed by atoms with Crippen molar-refractivity contribution in [3.05, 3.63) is 15.6 Å². The van der Waals surface area contributed by atoms with E-state index in [9.17, 15) is 0 Å². The van der Waals surface area contributed by atoms with Crippen molar-refractivity contribution in [2.45, 2.75) is 40.3 Å². The van der Waals surface area contributed by atoms with Gasteiger partial charge in [-0.1, -0.05) is 13.8 Å². The molecule has 6 nitrogen and oxygen atoms in total. The summed E-state index contributed by atoms with van der Waals surface area (Å²) in [5.74, 6) is 1.48. The van der Waals surface area contributed by atoms with Crippen LogP contribution in [0.25, 0.3) is 0 Å². The van der Waals surface area contributed by atoms with Crippen LogP contribution in [-0.2, 0) is 6.54 Å². The summed E-state index contributed by atoms with van der Waals surface area (Å²) in [4.78, 5) is 15.2. The molecule has 150 valence electrons. The van der Waals surface area contributed by atoms with Crippen LogP contribution in [0.5, 0.6) is 0 Å². The lowest BCUT2D eigenvalue weighted by Crippen LogP contribution is -2.55. The van der Waals surface area contributed by atoms with Gasteiger partial charge < -0.3 is 15.5 Å². The lowest BCUT2D eigenvalue weighted by atomic mass is 10.0. The maximum absolute atomic E-state index is 4.49. The van der Waals surface area contributed by atoms with Crippen molar-refractivity contribution in [2.24, 2.45) is 10.9 Å². The third-order valence-corrected chi connectivity index (χ3v) is 5.97. The fourth-order valence-corrected chi connectivity index (χ4v) is 4.14. The first-order valence-electron chi connectivity index (χ1n) is 9.20. The predicted molar refractivity (Wildman–Crippen MR) is 123 cm³/mol. The molecule has 1 saturated heterocycles. The van der Waals surface area contributed by atoms with Crippen LogP contribution < -0.4 is 10.6 Å². The Labute approximate surface area is 179 Å². The molecule has 8 heteroatoms. The van der Waals surface area contributed by atoms with Crippen molar-refractivity contribution < 1.29 is 0 Å². The highest BCUT2D eigenvalue weighted by molar-refractivity contribution is 14.0. The van der Waals surface area contributed by atoms with E-state index in [1.807, 2.05) is 7.05 Å². The van der Waals surface area contributed by atoms with Crippen molar-refractivity contribution in [3.8, 4) is 0 Å². The summed E-state index contributed by atoms with van der Waals surface area (Å²) in [5, 5.41) is 8.07. The minimum atomic E-state index is 0. The highest BCUT2D eigenvalue weighted by Crippen LogP contribution is 2.16. The maximum Gasteiger partial charge on any atom is 0.191 e. The average Bonchev–Trinajstić information content (AvgIpc) is 2.89. The van der Waals surface area contributed by atoms with Crippen LogP contribution in [0, 0.1) is 19.8 Å². The standard InChI is InChI=1S/C18H34N6S.HI/c1-13(2)16(24-9-7-23(6)8-10-24)11-20-18(19-5)21-12-17-14(3)22-15(4)25-17;/h13,16H,7-12H2,1-6H3,(H2,19,20,21);1H. The first-order chi connectivity index (χ1) is 11.9. The molecule has 2 heterocycles. The number of likely N-dealkylation sites (N-methyl/N-ethyl adjacent to an activating group) is 1. The van der Waals surface area contributed by atoms with Crippen LogP contribution in [-0.4, -0.2) is 73.6 Å². The van der Waals surface area contributed by atoms with Gasteiger partial charge in [-0.15, -0.1) is 35.3 Å². The molecule has 2 N–H and O–H groups in total. The Hall–Kier alpha value is -0.450. The minimum Gasteiger partial charge on any atom is -0.355 e. The Morgan fingerprint density at radius 1 is 1.19 bits per heavy atom. The zero-order valence-corrected chi connectivity index (χ0v) is 20.1. The Morgan fingerprint density at radius 2 is 1.85 bits per heavy atom. The molecule has 0 radical (unpaired) electrons. The van der Waals surface area contributed by atoms with E-state index in [0.29, 0.717) is 12.0 Å². The molecule has 1 atom stereocenters.